The van der Waals surface area contributed by atoms with E-state index in [1.54, 1.807) is 36.4 Å². The molecule has 2 amide bonds. The first-order valence-electron chi connectivity index (χ1n) is 11.4. The van der Waals surface area contributed by atoms with Crippen LogP contribution in [0.15, 0.2) is 77.0 Å². The molecule has 7 nitrogen and oxygen atoms in total. The zero-order chi connectivity index (χ0) is 24.1. The number of rotatable bonds is 10. The van der Waals surface area contributed by atoms with Crippen LogP contribution in [0.4, 0.5) is 5.69 Å². The predicted molar refractivity (Wildman–Crippen MR) is 129 cm³/mol. The van der Waals surface area contributed by atoms with Gasteiger partial charge in [0, 0.05) is 5.69 Å². The van der Waals surface area contributed by atoms with Crippen LogP contribution < -0.4 is 14.8 Å². The Kier molecular flexibility index (Phi) is 7.01. The molecule has 4 rings (SSSR count). The first kappa shape index (κ1) is 23.2. The van der Waals surface area contributed by atoms with Crippen molar-refractivity contribution in [3.63, 3.8) is 0 Å². The van der Waals surface area contributed by atoms with Crippen LogP contribution in [0, 0.1) is 0 Å². The summed E-state index contributed by atoms with van der Waals surface area (Å²) in [5, 5.41) is 3.16. The van der Waals surface area contributed by atoms with E-state index in [9.17, 15) is 9.59 Å². The van der Waals surface area contributed by atoms with Crippen LogP contribution in [0.25, 0.3) is 5.57 Å². The fraction of sp³-hybridized carbons (Fsp3) is 0.259. The van der Waals surface area contributed by atoms with Crippen LogP contribution in [-0.4, -0.2) is 29.4 Å². The molecule has 0 aliphatic carbocycles. The van der Waals surface area contributed by atoms with E-state index in [0.29, 0.717) is 34.9 Å². The number of anilines is 1. The van der Waals surface area contributed by atoms with Gasteiger partial charge in [-0.15, -0.1) is 0 Å². The van der Waals surface area contributed by atoms with Gasteiger partial charge in [0.2, 0.25) is 0 Å². The number of ether oxygens (including phenoxy) is 2. The molecule has 176 valence electrons. The van der Waals surface area contributed by atoms with Crippen molar-refractivity contribution in [2.75, 3.05) is 11.9 Å². The van der Waals surface area contributed by atoms with Crippen molar-refractivity contribution in [3.8, 4) is 11.5 Å². The monoisotopic (exact) mass is 460 g/mol. The van der Waals surface area contributed by atoms with Crippen molar-refractivity contribution in [3.05, 3.63) is 83.9 Å². The third-order valence-corrected chi connectivity index (χ3v) is 5.17. The van der Waals surface area contributed by atoms with Crippen LogP contribution in [0.1, 0.15) is 38.5 Å². The molecule has 2 aromatic carbocycles. The lowest BCUT2D eigenvalue weighted by Gasteiger charge is -2.14. The van der Waals surface area contributed by atoms with Crippen molar-refractivity contribution < 1.29 is 23.5 Å². The van der Waals surface area contributed by atoms with Gasteiger partial charge in [-0.1, -0.05) is 19.1 Å². The minimum atomic E-state index is -0.412. The number of carbonyl (C=O) groups excluding carboxylic acids is 2. The number of hydrogen-bond donors (Lipinski definition) is 1. The van der Waals surface area contributed by atoms with Crippen molar-refractivity contribution in [1.29, 1.82) is 0 Å². The molecule has 3 aromatic rings. The van der Waals surface area contributed by atoms with Crippen molar-refractivity contribution in [2.24, 2.45) is 0 Å². The second-order valence-electron chi connectivity index (χ2n) is 8.21. The highest BCUT2D eigenvalue weighted by Crippen LogP contribution is 2.33. The van der Waals surface area contributed by atoms with Crippen LogP contribution in [0.2, 0.25) is 0 Å². The highest BCUT2D eigenvalue weighted by Gasteiger charge is 2.39. The molecule has 0 atom stereocenters. The third kappa shape index (κ3) is 5.14. The SMILES string of the molecule is CCCOc1ccc(C2=C(Nc3ccc(OC(C)C)cc3)C(=O)N(Cc3ccco3)C2=O)cc1. The smallest absolute Gasteiger partial charge is 0.278 e. The Balaban J connectivity index is 1.65. The molecule has 1 N–H and O–H groups in total. The van der Waals surface area contributed by atoms with Gasteiger partial charge in [0.05, 0.1) is 31.1 Å². The molecule has 1 aliphatic heterocycles. The topological polar surface area (TPSA) is 81.0 Å². The van der Waals surface area contributed by atoms with Crippen LogP contribution in [-0.2, 0) is 16.1 Å². The van der Waals surface area contributed by atoms with Gasteiger partial charge >= 0.3 is 0 Å². The van der Waals surface area contributed by atoms with Crippen LogP contribution in [0.5, 0.6) is 11.5 Å². The van der Waals surface area contributed by atoms with Gasteiger partial charge in [-0.3, -0.25) is 14.5 Å². The van der Waals surface area contributed by atoms with E-state index in [1.165, 1.54) is 11.2 Å². The summed E-state index contributed by atoms with van der Waals surface area (Å²) in [6.07, 6.45) is 2.47. The van der Waals surface area contributed by atoms with Crippen molar-refractivity contribution in [1.82, 2.24) is 4.90 Å². The summed E-state index contributed by atoms with van der Waals surface area (Å²) >= 11 is 0. The lowest BCUT2D eigenvalue weighted by atomic mass is 10.0. The van der Waals surface area contributed by atoms with E-state index in [0.717, 1.165) is 12.2 Å². The summed E-state index contributed by atoms with van der Waals surface area (Å²) in [5.41, 5.74) is 1.83. The molecule has 1 aromatic heterocycles. The fourth-order valence-electron chi connectivity index (χ4n) is 3.63. The largest absolute Gasteiger partial charge is 0.494 e. The number of benzene rings is 2. The lowest BCUT2D eigenvalue weighted by Crippen LogP contribution is -2.31. The normalized spacial score (nSPS) is 13.7. The molecule has 0 unspecified atom stereocenters. The highest BCUT2D eigenvalue weighted by atomic mass is 16.5. The molecule has 1 aliphatic rings. The van der Waals surface area contributed by atoms with E-state index >= 15 is 0 Å². The Morgan fingerprint density at radius 3 is 2.26 bits per heavy atom. The predicted octanol–water partition coefficient (Wildman–Crippen LogP) is 5.25. The number of nitrogens with one attached hydrogen (secondary N) is 1. The molecule has 0 saturated heterocycles. The molecular weight excluding hydrogens is 432 g/mol. The molecule has 0 fully saturated rings. The molecule has 0 spiro atoms. The number of nitrogens with zero attached hydrogens (tertiary/aromatic N) is 1. The van der Waals surface area contributed by atoms with E-state index in [1.807, 2.05) is 45.0 Å². The van der Waals surface area contributed by atoms with E-state index in [2.05, 4.69) is 5.32 Å². The average Bonchev–Trinajstić information content (AvgIpc) is 3.42. The zero-order valence-corrected chi connectivity index (χ0v) is 19.5. The van der Waals surface area contributed by atoms with E-state index in [4.69, 9.17) is 13.9 Å². The number of imide groups is 1. The number of carbonyl (C=O) groups is 2. The quantitative estimate of drug-likeness (QED) is 0.416. The van der Waals surface area contributed by atoms with E-state index < -0.39 is 5.91 Å². The zero-order valence-electron chi connectivity index (χ0n) is 19.5. The second kappa shape index (κ2) is 10.3. The van der Waals surface area contributed by atoms with E-state index in [-0.39, 0.29) is 24.3 Å². The summed E-state index contributed by atoms with van der Waals surface area (Å²) in [4.78, 5) is 27.9. The summed E-state index contributed by atoms with van der Waals surface area (Å²) in [6.45, 7) is 6.61. The average molecular weight is 461 g/mol. The first-order valence-corrected chi connectivity index (χ1v) is 11.4. The minimum absolute atomic E-state index is 0.0538. The Morgan fingerprint density at radius 2 is 1.65 bits per heavy atom. The third-order valence-electron chi connectivity index (χ3n) is 5.17. The van der Waals surface area contributed by atoms with Gasteiger partial charge in [-0.25, -0.2) is 0 Å². The van der Waals surface area contributed by atoms with Crippen LogP contribution in [0.3, 0.4) is 0 Å². The Bertz CT molecular complexity index is 1160. The minimum Gasteiger partial charge on any atom is -0.494 e. The van der Waals surface area contributed by atoms with Gasteiger partial charge in [0.25, 0.3) is 11.8 Å². The highest BCUT2D eigenvalue weighted by molar-refractivity contribution is 6.36. The van der Waals surface area contributed by atoms with Gasteiger partial charge in [-0.2, -0.15) is 0 Å². The maximum Gasteiger partial charge on any atom is 0.278 e. The first-order chi connectivity index (χ1) is 16.5. The molecule has 0 radical (unpaired) electrons. The van der Waals surface area contributed by atoms with Crippen molar-refractivity contribution in [2.45, 2.75) is 39.8 Å². The standard InChI is InChI=1S/C27H28N2O5/c1-4-15-32-21-11-7-19(8-12-21)24-25(28-20-9-13-22(14-10-20)34-18(2)3)27(31)29(26(24)30)17-23-6-5-16-33-23/h5-14,16,18,28H,4,15,17H2,1-3H3. The van der Waals surface area contributed by atoms with Gasteiger partial charge in [-0.05, 0) is 74.4 Å². The molecule has 0 bridgehead atoms. The molecular formula is C27H28N2O5. The number of furan rings is 1. The maximum atomic E-state index is 13.4. The Morgan fingerprint density at radius 1 is 0.941 bits per heavy atom. The summed E-state index contributed by atoms with van der Waals surface area (Å²) in [7, 11) is 0. The molecule has 2 heterocycles. The number of hydrogen-bond acceptors (Lipinski definition) is 6. The molecule has 0 saturated carbocycles. The van der Waals surface area contributed by atoms with Crippen LogP contribution >= 0.6 is 0 Å². The Hall–Kier alpha value is -4.00. The molecule has 34 heavy (non-hydrogen) atoms. The lowest BCUT2D eigenvalue weighted by molar-refractivity contribution is -0.137. The maximum absolute atomic E-state index is 13.4. The molecule has 7 heteroatoms. The summed E-state index contributed by atoms with van der Waals surface area (Å²) < 4.78 is 16.7. The Labute approximate surface area is 199 Å². The summed E-state index contributed by atoms with van der Waals surface area (Å²) in [5.74, 6) is 1.17. The number of amides is 2. The van der Waals surface area contributed by atoms with Gasteiger partial charge in [0.1, 0.15) is 23.0 Å². The second-order valence-corrected chi connectivity index (χ2v) is 8.21. The van der Waals surface area contributed by atoms with Gasteiger partial charge in [0.15, 0.2) is 0 Å². The fourth-order valence-corrected chi connectivity index (χ4v) is 3.63. The summed E-state index contributed by atoms with van der Waals surface area (Å²) in [6, 6.07) is 17.9. The van der Waals surface area contributed by atoms with Gasteiger partial charge < -0.3 is 19.2 Å². The van der Waals surface area contributed by atoms with Crippen molar-refractivity contribution >= 4 is 23.1 Å².